The van der Waals surface area contributed by atoms with Crippen LogP contribution in [0.3, 0.4) is 0 Å². The Morgan fingerprint density at radius 1 is 1.25 bits per heavy atom. The van der Waals surface area contributed by atoms with Gasteiger partial charge in [-0.1, -0.05) is 0 Å². The van der Waals surface area contributed by atoms with Gasteiger partial charge in [-0.15, -0.1) is 11.6 Å². The normalized spacial score (nSPS) is 9.75. The summed E-state index contributed by atoms with van der Waals surface area (Å²) >= 11 is 5.25. The maximum absolute atomic E-state index is 10.9. The molecule has 0 fully saturated rings. The maximum atomic E-state index is 10.9. The molecule has 12 heavy (non-hydrogen) atoms. The lowest BCUT2D eigenvalue weighted by Crippen LogP contribution is -1.98. The van der Waals surface area contributed by atoms with Gasteiger partial charge in [0, 0.05) is 11.6 Å². The summed E-state index contributed by atoms with van der Waals surface area (Å²) in [6, 6.07) is 3.38. The first-order chi connectivity index (χ1) is 5.65. The number of hydrogen-bond donors (Lipinski definition) is 0. The van der Waals surface area contributed by atoms with Crippen LogP contribution in [0.25, 0.3) is 0 Å². The Morgan fingerprint density at radius 3 is 2.42 bits per heavy atom. The lowest BCUT2D eigenvalue weighted by atomic mass is 10.1. The van der Waals surface area contributed by atoms with Crippen molar-refractivity contribution < 1.29 is 15.0 Å². The third-order valence-electron chi connectivity index (χ3n) is 1.39. The minimum atomic E-state index is -0.675. The molecule has 0 heterocycles. The number of rotatable bonds is 2. The summed E-state index contributed by atoms with van der Waals surface area (Å²) in [6.45, 7) is 0. The van der Waals surface area contributed by atoms with E-state index in [0.717, 1.165) is 12.1 Å². The van der Waals surface area contributed by atoms with Crippen molar-refractivity contribution in [3.8, 4) is 11.5 Å². The van der Waals surface area contributed by atoms with Crippen LogP contribution >= 0.6 is 11.6 Å². The second kappa shape index (κ2) is 3.45. The SMILES string of the molecule is [O]c1ccc(C(=O)CCl)cc1[O]. The van der Waals surface area contributed by atoms with Crippen molar-refractivity contribution in [1.29, 1.82) is 0 Å². The van der Waals surface area contributed by atoms with Crippen LogP contribution in [0.1, 0.15) is 10.4 Å². The van der Waals surface area contributed by atoms with Gasteiger partial charge in [0.15, 0.2) is 5.78 Å². The molecule has 3 nitrogen and oxygen atoms in total. The highest BCUT2D eigenvalue weighted by molar-refractivity contribution is 6.30. The monoisotopic (exact) mass is 184 g/mol. The highest BCUT2D eigenvalue weighted by Crippen LogP contribution is 2.26. The fraction of sp³-hybridized carbons (Fsp3) is 0.125. The molecular weight excluding hydrogens is 180 g/mol. The van der Waals surface area contributed by atoms with E-state index in [1.807, 2.05) is 0 Å². The zero-order valence-electron chi connectivity index (χ0n) is 6.04. The minimum absolute atomic E-state index is 0.183. The van der Waals surface area contributed by atoms with E-state index in [-0.39, 0.29) is 17.2 Å². The van der Waals surface area contributed by atoms with Gasteiger partial charge in [-0.3, -0.25) is 15.0 Å². The predicted molar refractivity (Wildman–Crippen MR) is 41.8 cm³/mol. The average Bonchev–Trinajstić information content (AvgIpc) is 2.08. The number of halogens is 1. The molecule has 0 atom stereocenters. The summed E-state index contributed by atoms with van der Waals surface area (Å²) in [7, 11) is 0. The molecule has 1 aromatic rings. The number of benzene rings is 1. The summed E-state index contributed by atoms with van der Waals surface area (Å²) in [5, 5.41) is 21.4. The van der Waals surface area contributed by atoms with E-state index in [0.29, 0.717) is 0 Å². The van der Waals surface area contributed by atoms with Crippen LogP contribution in [0.4, 0.5) is 0 Å². The van der Waals surface area contributed by atoms with Crippen molar-refractivity contribution in [2.45, 2.75) is 0 Å². The topological polar surface area (TPSA) is 56.9 Å². The van der Waals surface area contributed by atoms with E-state index in [1.165, 1.54) is 6.07 Å². The van der Waals surface area contributed by atoms with Crippen molar-refractivity contribution in [1.82, 2.24) is 0 Å². The Labute approximate surface area is 74.2 Å². The molecule has 0 aliphatic rings. The molecule has 1 rings (SSSR count). The zero-order valence-corrected chi connectivity index (χ0v) is 6.80. The zero-order chi connectivity index (χ0) is 9.14. The largest absolute Gasteiger partial charge is 0.293 e. The molecule has 0 unspecified atom stereocenters. The smallest absolute Gasteiger partial charge is 0.226 e. The van der Waals surface area contributed by atoms with Gasteiger partial charge in [0.25, 0.3) is 0 Å². The molecule has 0 aliphatic carbocycles. The van der Waals surface area contributed by atoms with Crippen LogP contribution in [-0.2, 0) is 10.2 Å². The van der Waals surface area contributed by atoms with Crippen LogP contribution in [0.15, 0.2) is 18.2 Å². The fourth-order valence-electron chi connectivity index (χ4n) is 0.759. The molecule has 0 spiro atoms. The quantitative estimate of drug-likeness (QED) is 0.514. The molecule has 0 aromatic heterocycles. The number of carbonyl (C=O) groups is 1. The lowest BCUT2D eigenvalue weighted by Gasteiger charge is -1.95. The third kappa shape index (κ3) is 1.68. The van der Waals surface area contributed by atoms with Gasteiger partial charge in [-0.05, 0) is 12.1 Å². The van der Waals surface area contributed by atoms with E-state index in [9.17, 15) is 15.0 Å². The number of ketones is 1. The van der Waals surface area contributed by atoms with Crippen molar-refractivity contribution in [2.24, 2.45) is 0 Å². The van der Waals surface area contributed by atoms with E-state index >= 15 is 0 Å². The predicted octanol–water partition coefficient (Wildman–Crippen LogP) is 2.40. The Balaban J connectivity index is 3.05. The number of alkyl halides is 1. The first kappa shape index (κ1) is 8.87. The molecule has 0 bridgehead atoms. The van der Waals surface area contributed by atoms with Gasteiger partial charge < -0.3 is 0 Å². The molecule has 2 radical (unpaired) electrons. The first-order valence-corrected chi connectivity index (χ1v) is 3.76. The lowest BCUT2D eigenvalue weighted by molar-refractivity contribution is 0.102. The Kier molecular flexibility index (Phi) is 2.55. The van der Waals surface area contributed by atoms with Crippen LogP contribution in [0.2, 0.25) is 0 Å². The van der Waals surface area contributed by atoms with Crippen molar-refractivity contribution in [2.75, 3.05) is 5.88 Å². The third-order valence-corrected chi connectivity index (χ3v) is 1.63. The highest BCUT2D eigenvalue weighted by Gasteiger charge is 2.09. The summed E-state index contributed by atoms with van der Waals surface area (Å²) in [6.07, 6.45) is 0. The number of Topliss-reactive ketones (excluding diaryl/α,β-unsaturated/α-hetero) is 1. The fourth-order valence-corrected chi connectivity index (χ4v) is 0.913. The Morgan fingerprint density at radius 2 is 1.92 bits per heavy atom. The standard InChI is InChI=1S/C8H5ClO3/c9-4-8(12)5-1-2-6(10)7(11)3-5/h1-3H,4H2. The Hall–Kier alpha value is -1.22. The van der Waals surface area contributed by atoms with Crippen LogP contribution in [0, 0.1) is 0 Å². The number of carbonyl (C=O) groups excluding carboxylic acids is 1. The van der Waals surface area contributed by atoms with Crippen LogP contribution in [0.5, 0.6) is 11.5 Å². The number of hydrogen-bond acceptors (Lipinski definition) is 1. The molecule has 0 saturated carbocycles. The maximum Gasteiger partial charge on any atom is 0.226 e. The van der Waals surface area contributed by atoms with E-state index in [2.05, 4.69) is 0 Å². The molecule has 0 aliphatic heterocycles. The van der Waals surface area contributed by atoms with E-state index in [1.54, 1.807) is 0 Å². The second-order valence-electron chi connectivity index (χ2n) is 2.22. The van der Waals surface area contributed by atoms with Crippen molar-refractivity contribution >= 4 is 17.4 Å². The van der Waals surface area contributed by atoms with E-state index in [4.69, 9.17) is 11.6 Å². The van der Waals surface area contributed by atoms with Gasteiger partial charge >= 0.3 is 0 Å². The van der Waals surface area contributed by atoms with Gasteiger partial charge in [0.05, 0.1) is 5.88 Å². The van der Waals surface area contributed by atoms with Gasteiger partial charge in [-0.25, -0.2) is 0 Å². The van der Waals surface area contributed by atoms with Gasteiger partial charge in [0.1, 0.15) is 0 Å². The minimum Gasteiger partial charge on any atom is -0.293 e. The Bertz CT molecular complexity index is 309. The molecule has 1 aromatic carbocycles. The summed E-state index contributed by atoms with van der Waals surface area (Å²) in [5.74, 6) is -1.82. The first-order valence-electron chi connectivity index (χ1n) is 3.22. The molecule has 4 heteroatoms. The van der Waals surface area contributed by atoms with Crippen molar-refractivity contribution in [3.05, 3.63) is 23.8 Å². The summed E-state index contributed by atoms with van der Waals surface area (Å²) in [4.78, 5) is 10.9. The summed E-state index contributed by atoms with van der Waals surface area (Å²) < 4.78 is 0. The average molecular weight is 185 g/mol. The van der Waals surface area contributed by atoms with Crippen LogP contribution in [-0.4, -0.2) is 11.7 Å². The van der Waals surface area contributed by atoms with Crippen molar-refractivity contribution in [3.63, 3.8) is 0 Å². The van der Waals surface area contributed by atoms with Gasteiger partial charge in [-0.2, -0.15) is 0 Å². The highest BCUT2D eigenvalue weighted by atomic mass is 35.5. The molecule has 0 amide bonds. The summed E-state index contributed by atoms with van der Waals surface area (Å²) in [5.41, 5.74) is 0.189. The molecule has 0 saturated heterocycles. The molecule has 0 N–H and O–H groups in total. The molecule has 62 valence electrons. The van der Waals surface area contributed by atoms with Gasteiger partial charge in [0.2, 0.25) is 11.5 Å². The van der Waals surface area contributed by atoms with Crippen LogP contribution < -0.4 is 0 Å². The van der Waals surface area contributed by atoms with E-state index < -0.39 is 11.5 Å². The molecular formula is C8H5ClO3. The second-order valence-corrected chi connectivity index (χ2v) is 2.49.